The zero-order chi connectivity index (χ0) is 24.1. The highest BCUT2D eigenvalue weighted by Crippen LogP contribution is 2.37. The minimum atomic E-state index is -4.47. The summed E-state index contributed by atoms with van der Waals surface area (Å²) in [7, 11) is 0. The molecule has 0 saturated carbocycles. The Kier molecular flexibility index (Phi) is 5.00. The van der Waals surface area contributed by atoms with Crippen LogP contribution in [-0.2, 0) is 11.8 Å². The summed E-state index contributed by atoms with van der Waals surface area (Å²) in [6.07, 6.45) is 1.25. The quantitative estimate of drug-likeness (QED) is 0.292. The molecule has 0 aliphatic heterocycles. The van der Waals surface area contributed by atoms with Crippen molar-refractivity contribution in [2.45, 2.75) is 18.7 Å². The van der Waals surface area contributed by atoms with E-state index in [1.54, 1.807) is 12.1 Å². The molecule has 0 amide bonds. The Bertz CT molecular complexity index is 1520. The molecule has 4 aromatic carbocycles. The Hall–Kier alpha value is -4.01. The van der Waals surface area contributed by atoms with E-state index >= 15 is 0 Å². The molecule has 0 spiro atoms. The van der Waals surface area contributed by atoms with Gasteiger partial charge in [0.25, 0.3) is 0 Å². The first-order valence-corrected chi connectivity index (χ1v) is 10.7. The summed E-state index contributed by atoms with van der Waals surface area (Å²) in [4.78, 5) is 0. The summed E-state index contributed by atoms with van der Waals surface area (Å²) in [6, 6.07) is 26.6. The van der Waals surface area contributed by atoms with E-state index in [1.165, 1.54) is 13.0 Å². The molecule has 1 unspecified atom stereocenters. The van der Waals surface area contributed by atoms with Crippen molar-refractivity contribution in [1.29, 1.82) is 0 Å². The molecule has 0 radical (unpaired) electrons. The Morgan fingerprint density at radius 2 is 1.29 bits per heavy atom. The monoisotopic (exact) mass is 455 g/mol. The summed E-state index contributed by atoms with van der Waals surface area (Å²) in [5.74, 6) is 2.39. The van der Waals surface area contributed by atoms with Gasteiger partial charge in [0.15, 0.2) is 5.60 Å². The number of para-hydroxylation sites is 2. The molecule has 1 N–H and O–H groups in total. The van der Waals surface area contributed by atoms with Crippen LogP contribution in [0.4, 0.5) is 13.2 Å². The number of terminal acetylenes is 1. The van der Waals surface area contributed by atoms with E-state index in [2.05, 4.69) is 22.6 Å². The standard InChI is InChI=1S/C29H20F3NO/c1-3-28(34,25-17-14-21(18-19(25)2)29(30,31)32)20-12-15-22(16-13-20)33-26-10-6-4-8-23(26)24-9-5-7-11-27(24)33/h1,4-18,34H,2H3. The summed E-state index contributed by atoms with van der Waals surface area (Å²) < 4.78 is 41.4. The van der Waals surface area contributed by atoms with Crippen LogP contribution in [0, 0.1) is 19.3 Å². The van der Waals surface area contributed by atoms with E-state index in [0.717, 1.165) is 39.6 Å². The van der Waals surface area contributed by atoms with E-state index in [-0.39, 0.29) is 11.1 Å². The number of hydrogen-bond donors (Lipinski definition) is 1. The van der Waals surface area contributed by atoms with Gasteiger partial charge in [0.1, 0.15) is 0 Å². The number of hydrogen-bond acceptors (Lipinski definition) is 1. The minimum Gasteiger partial charge on any atom is -0.369 e. The van der Waals surface area contributed by atoms with E-state index in [4.69, 9.17) is 6.42 Å². The zero-order valence-electron chi connectivity index (χ0n) is 18.3. The fourth-order valence-electron chi connectivity index (χ4n) is 4.61. The van der Waals surface area contributed by atoms with Crippen molar-refractivity contribution in [3.63, 3.8) is 0 Å². The molecular weight excluding hydrogens is 435 g/mol. The van der Waals surface area contributed by atoms with Crippen LogP contribution in [-0.4, -0.2) is 9.67 Å². The third-order valence-electron chi connectivity index (χ3n) is 6.28. The molecule has 5 rings (SSSR count). The normalized spacial score (nSPS) is 13.6. The lowest BCUT2D eigenvalue weighted by Crippen LogP contribution is -2.26. The maximum Gasteiger partial charge on any atom is 0.416 e. The molecule has 5 heteroatoms. The van der Waals surface area contributed by atoms with Gasteiger partial charge in [-0.3, -0.25) is 0 Å². The summed E-state index contributed by atoms with van der Waals surface area (Å²) in [6.45, 7) is 1.51. The van der Waals surface area contributed by atoms with Crippen LogP contribution < -0.4 is 0 Å². The maximum absolute atomic E-state index is 13.1. The molecule has 0 fully saturated rings. The maximum atomic E-state index is 13.1. The number of fused-ring (bicyclic) bond motifs is 3. The number of alkyl halides is 3. The second-order valence-corrected chi connectivity index (χ2v) is 8.30. The van der Waals surface area contributed by atoms with Crippen molar-refractivity contribution in [2.24, 2.45) is 0 Å². The Balaban J connectivity index is 1.62. The van der Waals surface area contributed by atoms with Gasteiger partial charge in [-0.05, 0) is 48.9 Å². The predicted molar refractivity (Wildman–Crippen MR) is 129 cm³/mol. The number of rotatable bonds is 3. The van der Waals surface area contributed by atoms with Crippen molar-refractivity contribution in [2.75, 3.05) is 0 Å². The average Bonchev–Trinajstić information content (AvgIpc) is 3.17. The number of aromatic nitrogens is 1. The average molecular weight is 455 g/mol. The highest BCUT2D eigenvalue weighted by molar-refractivity contribution is 6.09. The highest BCUT2D eigenvalue weighted by Gasteiger charge is 2.35. The van der Waals surface area contributed by atoms with Gasteiger partial charge in [0, 0.05) is 27.6 Å². The first-order chi connectivity index (χ1) is 16.2. The van der Waals surface area contributed by atoms with Gasteiger partial charge in [-0.2, -0.15) is 13.2 Å². The topological polar surface area (TPSA) is 25.2 Å². The SMILES string of the molecule is C#CC(O)(c1ccc(-n2c3ccccc3c3ccccc32)cc1)c1ccc(C(F)(F)F)cc1C. The van der Waals surface area contributed by atoms with Crippen LogP contribution in [0.1, 0.15) is 22.3 Å². The summed E-state index contributed by atoms with van der Waals surface area (Å²) >= 11 is 0. The molecular formula is C29H20F3NO. The summed E-state index contributed by atoms with van der Waals surface area (Å²) in [5.41, 5.74) is 1.23. The van der Waals surface area contributed by atoms with Gasteiger partial charge in [-0.15, -0.1) is 6.42 Å². The van der Waals surface area contributed by atoms with Gasteiger partial charge in [0.2, 0.25) is 0 Å². The molecule has 0 saturated heterocycles. The van der Waals surface area contributed by atoms with Crippen molar-refractivity contribution in [1.82, 2.24) is 4.57 Å². The fraction of sp³-hybridized carbons (Fsp3) is 0.103. The van der Waals surface area contributed by atoms with Gasteiger partial charge in [-0.1, -0.05) is 60.5 Å². The molecule has 1 atom stereocenters. The third kappa shape index (κ3) is 3.35. The molecule has 0 aliphatic rings. The lowest BCUT2D eigenvalue weighted by Gasteiger charge is -2.26. The van der Waals surface area contributed by atoms with Crippen LogP contribution >= 0.6 is 0 Å². The molecule has 0 bridgehead atoms. The molecule has 34 heavy (non-hydrogen) atoms. The lowest BCUT2D eigenvalue weighted by atomic mass is 9.84. The molecule has 5 aromatic rings. The van der Waals surface area contributed by atoms with Crippen molar-refractivity contribution in [3.8, 4) is 18.0 Å². The van der Waals surface area contributed by atoms with E-state index in [1.807, 2.05) is 48.5 Å². The Morgan fingerprint density at radius 3 is 1.79 bits per heavy atom. The fourth-order valence-corrected chi connectivity index (χ4v) is 4.61. The van der Waals surface area contributed by atoms with Crippen LogP contribution in [0.15, 0.2) is 91.0 Å². The third-order valence-corrected chi connectivity index (χ3v) is 6.28. The summed E-state index contributed by atoms with van der Waals surface area (Å²) in [5, 5.41) is 13.6. The Morgan fingerprint density at radius 1 is 0.765 bits per heavy atom. The Labute approximate surface area is 194 Å². The zero-order valence-corrected chi connectivity index (χ0v) is 18.3. The van der Waals surface area contributed by atoms with E-state index < -0.39 is 17.3 Å². The van der Waals surface area contributed by atoms with Crippen LogP contribution in [0.5, 0.6) is 0 Å². The molecule has 2 nitrogen and oxygen atoms in total. The van der Waals surface area contributed by atoms with Crippen LogP contribution in [0.25, 0.3) is 27.5 Å². The van der Waals surface area contributed by atoms with E-state index in [9.17, 15) is 18.3 Å². The van der Waals surface area contributed by atoms with Crippen LogP contribution in [0.2, 0.25) is 0 Å². The second kappa shape index (κ2) is 7.79. The molecule has 168 valence electrons. The first-order valence-electron chi connectivity index (χ1n) is 10.7. The molecule has 0 aliphatic carbocycles. The van der Waals surface area contributed by atoms with Crippen molar-refractivity contribution in [3.05, 3.63) is 113 Å². The second-order valence-electron chi connectivity index (χ2n) is 8.30. The van der Waals surface area contributed by atoms with Gasteiger partial charge in [0.05, 0.1) is 16.6 Å². The van der Waals surface area contributed by atoms with Gasteiger partial charge < -0.3 is 9.67 Å². The lowest BCUT2D eigenvalue weighted by molar-refractivity contribution is -0.137. The number of nitrogens with zero attached hydrogens (tertiary/aromatic N) is 1. The van der Waals surface area contributed by atoms with Crippen molar-refractivity contribution >= 4 is 21.8 Å². The number of halogens is 3. The van der Waals surface area contributed by atoms with E-state index in [0.29, 0.717) is 5.56 Å². The highest BCUT2D eigenvalue weighted by atomic mass is 19.4. The van der Waals surface area contributed by atoms with Gasteiger partial charge in [-0.25, -0.2) is 0 Å². The van der Waals surface area contributed by atoms with Gasteiger partial charge >= 0.3 is 6.18 Å². The molecule has 1 heterocycles. The predicted octanol–water partition coefficient (Wildman–Crippen LogP) is 6.98. The van der Waals surface area contributed by atoms with Crippen LogP contribution in [0.3, 0.4) is 0 Å². The smallest absolute Gasteiger partial charge is 0.369 e. The van der Waals surface area contributed by atoms with Crippen molar-refractivity contribution < 1.29 is 18.3 Å². The number of aliphatic hydroxyl groups is 1. The molecule has 1 aromatic heterocycles. The minimum absolute atomic E-state index is 0.243. The number of benzene rings is 4. The largest absolute Gasteiger partial charge is 0.416 e. The first kappa shape index (κ1) is 21.8. The number of aryl methyl sites for hydroxylation is 1.